The molecule has 1 atom stereocenters. The van der Waals surface area contributed by atoms with Gasteiger partial charge in [0.2, 0.25) is 5.91 Å². The first-order valence-corrected chi connectivity index (χ1v) is 4.23. The van der Waals surface area contributed by atoms with Crippen LogP contribution < -0.4 is 10.6 Å². The van der Waals surface area contributed by atoms with Crippen LogP contribution in [0.2, 0.25) is 0 Å². The molecule has 6 heteroatoms. The number of rotatable bonds is 2. The summed E-state index contributed by atoms with van der Waals surface area (Å²) in [7, 11) is 0. The van der Waals surface area contributed by atoms with E-state index in [4.69, 9.17) is 5.73 Å². The summed E-state index contributed by atoms with van der Waals surface area (Å²) in [4.78, 5) is 19.5. The highest BCUT2D eigenvalue weighted by atomic mass is 19.1. The minimum Gasteiger partial charge on any atom is -0.368 e. The first kappa shape index (κ1) is 8.86. The summed E-state index contributed by atoms with van der Waals surface area (Å²) in [5.74, 6) is 0.00261. The van der Waals surface area contributed by atoms with E-state index in [1.54, 1.807) is 11.0 Å². The summed E-state index contributed by atoms with van der Waals surface area (Å²) >= 11 is 0. The molecular formula is C8H9FN4O. The SMILES string of the molecule is NC(=O)C1CCN1c1ccnc(F)n1. The Kier molecular flexibility index (Phi) is 2.03. The molecule has 2 heterocycles. The fourth-order valence-electron chi connectivity index (χ4n) is 1.44. The van der Waals surface area contributed by atoms with Crippen LogP contribution in [0.15, 0.2) is 12.3 Å². The number of hydrogen-bond donors (Lipinski definition) is 1. The van der Waals surface area contributed by atoms with Gasteiger partial charge >= 0.3 is 6.08 Å². The summed E-state index contributed by atoms with van der Waals surface area (Å²) in [6.07, 6.45) is 1.22. The van der Waals surface area contributed by atoms with Crippen molar-refractivity contribution >= 4 is 11.7 Å². The van der Waals surface area contributed by atoms with Crippen molar-refractivity contribution in [3.63, 3.8) is 0 Å². The maximum atomic E-state index is 12.7. The Balaban J connectivity index is 2.20. The molecule has 1 amide bonds. The Labute approximate surface area is 79.8 Å². The van der Waals surface area contributed by atoms with E-state index < -0.39 is 12.0 Å². The Morgan fingerprint density at radius 1 is 1.71 bits per heavy atom. The fourth-order valence-corrected chi connectivity index (χ4v) is 1.44. The first-order chi connectivity index (χ1) is 6.68. The molecule has 5 nitrogen and oxygen atoms in total. The quantitative estimate of drug-likeness (QED) is 0.658. The van der Waals surface area contributed by atoms with Crippen molar-refractivity contribution in [1.29, 1.82) is 0 Å². The van der Waals surface area contributed by atoms with Crippen LogP contribution >= 0.6 is 0 Å². The second-order valence-electron chi connectivity index (χ2n) is 3.08. The minimum atomic E-state index is -0.794. The summed E-state index contributed by atoms with van der Waals surface area (Å²) in [5, 5.41) is 0. The van der Waals surface area contributed by atoms with Gasteiger partial charge in [-0.15, -0.1) is 0 Å². The van der Waals surface area contributed by atoms with Crippen LogP contribution in [-0.2, 0) is 4.79 Å². The molecular weight excluding hydrogens is 187 g/mol. The maximum absolute atomic E-state index is 12.7. The van der Waals surface area contributed by atoms with Crippen LogP contribution in [0.3, 0.4) is 0 Å². The number of nitrogens with zero attached hydrogens (tertiary/aromatic N) is 3. The number of amides is 1. The zero-order valence-electron chi connectivity index (χ0n) is 7.35. The Bertz CT molecular complexity index is 370. The third-order valence-corrected chi connectivity index (χ3v) is 2.25. The maximum Gasteiger partial charge on any atom is 0.310 e. The topological polar surface area (TPSA) is 72.1 Å². The normalized spacial score (nSPS) is 20.4. The summed E-state index contributed by atoms with van der Waals surface area (Å²) in [6, 6.07) is 1.20. The highest BCUT2D eigenvalue weighted by Crippen LogP contribution is 2.23. The third kappa shape index (κ3) is 1.39. The highest BCUT2D eigenvalue weighted by Gasteiger charge is 2.33. The number of carbonyl (C=O) groups excluding carboxylic acids is 1. The zero-order chi connectivity index (χ0) is 10.1. The second kappa shape index (κ2) is 3.21. The lowest BCUT2D eigenvalue weighted by molar-refractivity contribution is -0.120. The lowest BCUT2D eigenvalue weighted by atomic mass is 10.0. The van der Waals surface area contributed by atoms with Gasteiger partial charge in [0, 0.05) is 12.7 Å². The van der Waals surface area contributed by atoms with E-state index in [9.17, 15) is 9.18 Å². The van der Waals surface area contributed by atoms with Crippen LogP contribution in [-0.4, -0.2) is 28.5 Å². The Hall–Kier alpha value is -1.72. The number of primary amides is 1. The molecule has 74 valence electrons. The standard InChI is InChI=1S/C8H9FN4O/c9-8-11-3-1-6(12-8)13-4-2-5(13)7(10)14/h1,3,5H,2,4H2,(H2,10,14). The predicted octanol–water partition coefficient (Wildman–Crippen LogP) is -0.320. The Morgan fingerprint density at radius 2 is 2.50 bits per heavy atom. The van der Waals surface area contributed by atoms with Crippen molar-refractivity contribution in [2.75, 3.05) is 11.4 Å². The number of aromatic nitrogens is 2. The number of anilines is 1. The van der Waals surface area contributed by atoms with Gasteiger partial charge in [-0.1, -0.05) is 0 Å². The molecule has 0 aliphatic carbocycles. The summed E-state index contributed by atoms with van der Waals surface area (Å²) < 4.78 is 12.7. The van der Waals surface area contributed by atoms with Gasteiger partial charge in [0.15, 0.2) is 0 Å². The molecule has 1 fully saturated rings. The van der Waals surface area contributed by atoms with Gasteiger partial charge in [-0.3, -0.25) is 4.79 Å². The first-order valence-electron chi connectivity index (χ1n) is 4.23. The number of halogens is 1. The highest BCUT2D eigenvalue weighted by molar-refractivity contribution is 5.85. The van der Waals surface area contributed by atoms with Crippen molar-refractivity contribution in [3.8, 4) is 0 Å². The van der Waals surface area contributed by atoms with E-state index >= 15 is 0 Å². The number of carbonyl (C=O) groups is 1. The van der Waals surface area contributed by atoms with Gasteiger partial charge in [-0.05, 0) is 12.5 Å². The van der Waals surface area contributed by atoms with Crippen molar-refractivity contribution < 1.29 is 9.18 Å². The van der Waals surface area contributed by atoms with Crippen LogP contribution in [0.5, 0.6) is 0 Å². The number of nitrogens with two attached hydrogens (primary N) is 1. The zero-order valence-corrected chi connectivity index (χ0v) is 7.35. The molecule has 14 heavy (non-hydrogen) atoms. The van der Waals surface area contributed by atoms with Crippen molar-refractivity contribution in [1.82, 2.24) is 9.97 Å². The second-order valence-corrected chi connectivity index (χ2v) is 3.08. The van der Waals surface area contributed by atoms with Crippen LogP contribution in [0, 0.1) is 6.08 Å². The van der Waals surface area contributed by atoms with Crippen LogP contribution in [0.25, 0.3) is 0 Å². The van der Waals surface area contributed by atoms with E-state index in [0.29, 0.717) is 18.8 Å². The van der Waals surface area contributed by atoms with E-state index in [1.807, 2.05) is 0 Å². The average Bonchev–Trinajstić information content (AvgIpc) is 2.00. The molecule has 2 N–H and O–H groups in total. The van der Waals surface area contributed by atoms with E-state index in [-0.39, 0.29) is 6.04 Å². The smallest absolute Gasteiger partial charge is 0.310 e. The van der Waals surface area contributed by atoms with Gasteiger partial charge in [0.1, 0.15) is 11.9 Å². The fraction of sp³-hybridized carbons (Fsp3) is 0.375. The third-order valence-electron chi connectivity index (χ3n) is 2.25. The van der Waals surface area contributed by atoms with E-state index in [2.05, 4.69) is 9.97 Å². The molecule has 1 saturated heterocycles. The molecule has 1 unspecified atom stereocenters. The molecule has 1 aliphatic rings. The van der Waals surface area contributed by atoms with Gasteiger partial charge in [0.25, 0.3) is 0 Å². The van der Waals surface area contributed by atoms with Gasteiger partial charge < -0.3 is 10.6 Å². The molecule has 1 aromatic heterocycles. The monoisotopic (exact) mass is 196 g/mol. The van der Waals surface area contributed by atoms with E-state index in [1.165, 1.54) is 6.20 Å². The molecule has 0 spiro atoms. The Morgan fingerprint density at radius 3 is 3.00 bits per heavy atom. The molecule has 0 bridgehead atoms. The molecule has 0 radical (unpaired) electrons. The average molecular weight is 196 g/mol. The summed E-state index contributed by atoms with van der Waals surface area (Å²) in [6.45, 7) is 0.671. The van der Waals surface area contributed by atoms with Crippen LogP contribution in [0.4, 0.5) is 10.2 Å². The minimum absolute atomic E-state index is 0.357. The summed E-state index contributed by atoms with van der Waals surface area (Å²) in [5.41, 5.74) is 5.15. The molecule has 1 aliphatic heterocycles. The van der Waals surface area contributed by atoms with Crippen molar-refractivity contribution in [3.05, 3.63) is 18.3 Å². The molecule has 0 aromatic carbocycles. The lowest BCUT2D eigenvalue weighted by Crippen LogP contribution is -2.55. The van der Waals surface area contributed by atoms with Gasteiger partial charge in [0.05, 0.1) is 0 Å². The van der Waals surface area contributed by atoms with Crippen molar-refractivity contribution in [2.24, 2.45) is 5.73 Å². The van der Waals surface area contributed by atoms with E-state index in [0.717, 1.165) is 0 Å². The van der Waals surface area contributed by atoms with Gasteiger partial charge in [-0.2, -0.15) is 9.37 Å². The lowest BCUT2D eigenvalue weighted by Gasteiger charge is -2.39. The largest absolute Gasteiger partial charge is 0.368 e. The number of hydrogen-bond acceptors (Lipinski definition) is 4. The molecule has 1 aromatic rings. The predicted molar refractivity (Wildman–Crippen MR) is 46.9 cm³/mol. The molecule has 2 rings (SSSR count). The van der Waals surface area contributed by atoms with Gasteiger partial charge in [-0.25, -0.2) is 4.98 Å². The van der Waals surface area contributed by atoms with Crippen LogP contribution in [0.1, 0.15) is 6.42 Å². The van der Waals surface area contributed by atoms with Crippen molar-refractivity contribution in [2.45, 2.75) is 12.5 Å². The molecule has 0 saturated carbocycles.